The number of rotatable bonds is 4. The summed E-state index contributed by atoms with van der Waals surface area (Å²) in [5, 5.41) is 8.72. The Morgan fingerprint density at radius 3 is 2.75 bits per heavy atom. The zero-order valence-electron chi connectivity index (χ0n) is 15.9. The molecular formula is C20H27Cl2N5O. The molecule has 3 heterocycles. The molecule has 0 radical (unpaired) electrons. The van der Waals surface area contributed by atoms with Gasteiger partial charge in [0, 0.05) is 50.5 Å². The molecule has 4 rings (SSSR count). The van der Waals surface area contributed by atoms with E-state index < -0.39 is 0 Å². The van der Waals surface area contributed by atoms with E-state index in [0.717, 1.165) is 63.7 Å². The molecule has 8 heteroatoms. The maximum Gasteiger partial charge on any atom is 0.274 e. The van der Waals surface area contributed by atoms with Gasteiger partial charge in [-0.1, -0.05) is 23.7 Å². The van der Waals surface area contributed by atoms with E-state index in [2.05, 4.69) is 21.4 Å². The van der Waals surface area contributed by atoms with E-state index in [4.69, 9.17) is 11.6 Å². The second-order valence-electron chi connectivity index (χ2n) is 7.38. The van der Waals surface area contributed by atoms with Crippen molar-refractivity contribution < 1.29 is 4.79 Å². The fourth-order valence-electron chi connectivity index (χ4n) is 3.88. The molecule has 6 nitrogen and oxygen atoms in total. The number of nitrogens with zero attached hydrogens (tertiary/aromatic N) is 4. The highest BCUT2D eigenvalue weighted by Gasteiger charge is 2.25. The van der Waals surface area contributed by atoms with Crippen molar-refractivity contribution in [3.05, 3.63) is 52.8 Å². The Labute approximate surface area is 177 Å². The molecule has 1 aromatic heterocycles. The Bertz CT molecular complexity index is 782. The quantitative estimate of drug-likeness (QED) is 0.820. The van der Waals surface area contributed by atoms with E-state index in [9.17, 15) is 4.79 Å². The number of hydrogen-bond acceptors (Lipinski definition) is 4. The first-order valence-corrected chi connectivity index (χ1v) is 10.1. The van der Waals surface area contributed by atoms with Crippen molar-refractivity contribution in [3.63, 3.8) is 0 Å². The molecule has 1 atom stereocenters. The van der Waals surface area contributed by atoms with Crippen LogP contribution in [0.1, 0.15) is 34.9 Å². The molecule has 2 saturated heterocycles. The SMILES string of the molecule is Cl.O=C(c1ccn(C2CCCNC2)n1)N1CCN(Cc2cccc(Cl)c2)CC1. The number of hydrogen-bond donors (Lipinski definition) is 1. The zero-order valence-corrected chi connectivity index (χ0v) is 17.5. The first-order valence-electron chi connectivity index (χ1n) is 9.71. The Morgan fingerprint density at radius 2 is 2.04 bits per heavy atom. The lowest BCUT2D eigenvalue weighted by molar-refractivity contribution is 0.0621. The maximum absolute atomic E-state index is 12.8. The van der Waals surface area contributed by atoms with Gasteiger partial charge in [0.25, 0.3) is 5.91 Å². The van der Waals surface area contributed by atoms with Gasteiger partial charge in [0.15, 0.2) is 0 Å². The van der Waals surface area contributed by atoms with Crippen molar-refractivity contribution in [3.8, 4) is 0 Å². The Balaban J connectivity index is 0.00000225. The molecule has 1 aromatic carbocycles. The van der Waals surface area contributed by atoms with E-state index in [1.54, 1.807) is 0 Å². The summed E-state index contributed by atoms with van der Waals surface area (Å²) in [4.78, 5) is 17.1. The maximum atomic E-state index is 12.8. The Kier molecular flexibility index (Phi) is 7.35. The standard InChI is InChI=1S/C20H26ClN5O.ClH/c21-17-4-1-3-16(13-17)15-24-9-11-25(12-10-24)20(27)19-6-8-26(23-19)18-5-2-7-22-14-18;/h1,3-4,6,8,13,18,22H,2,5,7,9-12,14-15H2;1H. The zero-order chi connectivity index (χ0) is 18.6. The molecule has 28 heavy (non-hydrogen) atoms. The summed E-state index contributed by atoms with van der Waals surface area (Å²) in [6.45, 7) is 6.07. The summed E-state index contributed by atoms with van der Waals surface area (Å²) in [6, 6.07) is 10.2. The van der Waals surface area contributed by atoms with Crippen LogP contribution >= 0.6 is 24.0 Å². The van der Waals surface area contributed by atoms with E-state index in [-0.39, 0.29) is 18.3 Å². The smallest absolute Gasteiger partial charge is 0.274 e. The predicted molar refractivity (Wildman–Crippen MR) is 113 cm³/mol. The summed E-state index contributed by atoms with van der Waals surface area (Å²) in [7, 11) is 0. The van der Waals surface area contributed by atoms with Crippen LogP contribution < -0.4 is 5.32 Å². The van der Waals surface area contributed by atoms with Gasteiger partial charge in [-0.15, -0.1) is 12.4 Å². The van der Waals surface area contributed by atoms with Crippen LogP contribution in [0.25, 0.3) is 0 Å². The number of carbonyl (C=O) groups is 1. The molecule has 152 valence electrons. The minimum Gasteiger partial charge on any atom is -0.335 e. The number of halogens is 2. The highest BCUT2D eigenvalue weighted by Crippen LogP contribution is 2.17. The second kappa shape index (κ2) is 9.74. The molecule has 2 aliphatic rings. The van der Waals surface area contributed by atoms with Crippen LogP contribution in [0.3, 0.4) is 0 Å². The molecule has 1 unspecified atom stereocenters. The van der Waals surface area contributed by atoms with Crippen LogP contribution in [-0.4, -0.2) is 64.8 Å². The van der Waals surface area contributed by atoms with Crippen molar-refractivity contribution in [2.75, 3.05) is 39.3 Å². The average molecular weight is 424 g/mol. The summed E-state index contributed by atoms with van der Waals surface area (Å²) in [5.74, 6) is 0.0416. The summed E-state index contributed by atoms with van der Waals surface area (Å²) < 4.78 is 1.95. The van der Waals surface area contributed by atoms with Crippen LogP contribution in [0.15, 0.2) is 36.5 Å². The van der Waals surface area contributed by atoms with Crippen molar-refractivity contribution >= 4 is 29.9 Å². The number of piperazine rings is 1. The van der Waals surface area contributed by atoms with E-state index in [1.807, 2.05) is 40.0 Å². The van der Waals surface area contributed by atoms with Crippen LogP contribution in [0.4, 0.5) is 0 Å². The van der Waals surface area contributed by atoms with Gasteiger partial charge in [-0.05, 0) is 43.1 Å². The topological polar surface area (TPSA) is 53.4 Å². The van der Waals surface area contributed by atoms with E-state index in [1.165, 1.54) is 5.56 Å². The van der Waals surface area contributed by atoms with Gasteiger partial charge in [-0.3, -0.25) is 14.4 Å². The van der Waals surface area contributed by atoms with Gasteiger partial charge in [0.05, 0.1) is 6.04 Å². The molecule has 2 fully saturated rings. The first kappa shape index (κ1) is 21.1. The number of benzene rings is 1. The number of aromatic nitrogens is 2. The minimum absolute atomic E-state index is 0. The number of amides is 1. The Morgan fingerprint density at radius 1 is 1.21 bits per heavy atom. The predicted octanol–water partition coefficient (Wildman–Crippen LogP) is 2.84. The number of nitrogens with one attached hydrogen (secondary N) is 1. The fourth-order valence-corrected chi connectivity index (χ4v) is 4.09. The van der Waals surface area contributed by atoms with Crippen LogP contribution in [-0.2, 0) is 6.54 Å². The van der Waals surface area contributed by atoms with Gasteiger partial charge in [-0.25, -0.2) is 0 Å². The molecule has 2 aromatic rings. The summed E-state index contributed by atoms with van der Waals surface area (Å²) >= 11 is 6.07. The summed E-state index contributed by atoms with van der Waals surface area (Å²) in [5.41, 5.74) is 1.77. The minimum atomic E-state index is 0. The molecule has 2 aliphatic heterocycles. The molecule has 0 saturated carbocycles. The molecule has 0 spiro atoms. The van der Waals surface area contributed by atoms with Crippen LogP contribution in [0.5, 0.6) is 0 Å². The lowest BCUT2D eigenvalue weighted by atomic mass is 10.1. The fraction of sp³-hybridized carbons (Fsp3) is 0.500. The van der Waals surface area contributed by atoms with Crippen molar-refractivity contribution in [1.29, 1.82) is 0 Å². The van der Waals surface area contributed by atoms with Crippen LogP contribution in [0.2, 0.25) is 5.02 Å². The van der Waals surface area contributed by atoms with Gasteiger partial charge >= 0.3 is 0 Å². The second-order valence-corrected chi connectivity index (χ2v) is 7.82. The summed E-state index contributed by atoms with van der Waals surface area (Å²) in [6.07, 6.45) is 4.22. The van der Waals surface area contributed by atoms with Gasteiger partial charge < -0.3 is 10.2 Å². The molecule has 1 N–H and O–H groups in total. The van der Waals surface area contributed by atoms with Gasteiger partial charge in [0.2, 0.25) is 0 Å². The average Bonchev–Trinajstić information content (AvgIpc) is 3.19. The number of carbonyl (C=O) groups excluding carboxylic acids is 1. The van der Waals surface area contributed by atoms with E-state index >= 15 is 0 Å². The van der Waals surface area contributed by atoms with Crippen LogP contribution in [0, 0.1) is 0 Å². The van der Waals surface area contributed by atoms with Gasteiger partial charge in [-0.2, -0.15) is 5.10 Å². The lowest BCUT2D eigenvalue weighted by Crippen LogP contribution is -2.48. The van der Waals surface area contributed by atoms with E-state index in [0.29, 0.717) is 11.7 Å². The third kappa shape index (κ3) is 5.06. The van der Waals surface area contributed by atoms with Crippen molar-refractivity contribution in [2.24, 2.45) is 0 Å². The molecular weight excluding hydrogens is 397 g/mol. The Hall–Kier alpha value is -1.60. The molecule has 1 amide bonds. The number of piperidine rings is 1. The van der Waals surface area contributed by atoms with Gasteiger partial charge in [0.1, 0.15) is 5.69 Å². The van der Waals surface area contributed by atoms with Crippen molar-refractivity contribution in [2.45, 2.75) is 25.4 Å². The monoisotopic (exact) mass is 423 g/mol. The molecule has 0 aliphatic carbocycles. The third-order valence-corrected chi connectivity index (χ3v) is 5.66. The largest absolute Gasteiger partial charge is 0.335 e. The van der Waals surface area contributed by atoms with Crippen molar-refractivity contribution in [1.82, 2.24) is 24.9 Å². The lowest BCUT2D eigenvalue weighted by Gasteiger charge is -2.34. The highest BCUT2D eigenvalue weighted by molar-refractivity contribution is 6.30. The highest BCUT2D eigenvalue weighted by atomic mass is 35.5. The normalized spacial score (nSPS) is 20.6. The third-order valence-electron chi connectivity index (χ3n) is 5.43. The molecule has 0 bridgehead atoms. The first-order chi connectivity index (χ1) is 13.2.